The van der Waals surface area contributed by atoms with Gasteiger partial charge in [-0.3, -0.25) is 18.9 Å². The molecule has 0 bridgehead atoms. The van der Waals surface area contributed by atoms with E-state index in [1.807, 2.05) is 19.9 Å². The van der Waals surface area contributed by atoms with Crippen molar-refractivity contribution in [3.05, 3.63) is 45.2 Å². The Bertz CT molecular complexity index is 1000. The quantitative estimate of drug-likeness (QED) is 0.371. The molecule has 0 saturated carbocycles. The first-order valence-corrected chi connectivity index (χ1v) is 10.9. The second-order valence-electron chi connectivity index (χ2n) is 6.42. The molecule has 2 aromatic rings. The van der Waals surface area contributed by atoms with Gasteiger partial charge in [0.1, 0.15) is 15.8 Å². The van der Waals surface area contributed by atoms with Crippen LogP contribution in [-0.2, 0) is 9.53 Å². The molecule has 0 spiro atoms. The minimum atomic E-state index is -0.233. The molecule has 154 valence electrons. The van der Waals surface area contributed by atoms with Crippen LogP contribution < -0.4 is 10.9 Å². The normalized spacial score (nSPS) is 15.7. The molecule has 0 aromatic carbocycles. The molecule has 1 aliphatic rings. The summed E-state index contributed by atoms with van der Waals surface area (Å²) in [5.74, 6) is 0.292. The van der Waals surface area contributed by atoms with E-state index in [1.54, 1.807) is 29.3 Å². The Labute approximate surface area is 179 Å². The molecule has 1 fully saturated rings. The maximum atomic E-state index is 13.1. The van der Waals surface area contributed by atoms with Gasteiger partial charge < -0.3 is 10.1 Å². The Morgan fingerprint density at radius 2 is 2.14 bits per heavy atom. The fourth-order valence-corrected chi connectivity index (χ4v) is 4.23. The highest BCUT2D eigenvalue weighted by Crippen LogP contribution is 2.33. The third-order valence-corrected chi connectivity index (χ3v) is 5.71. The second-order valence-corrected chi connectivity index (χ2v) is 8.09. The number of thiocarbonyl (C=S) groups is 1. The number of thioether (sulfide) groups is 1. The van der Waals surface area contributed by atoms with E-state index < -0.39 is 0 Å². The zero-order chi connectivity index (χ0) is 20.8. The fraction of sp³-hybridized carbons (Fsp3) is 0.400. The van der Waals surface area contributed by atoms with Crippen molar-refractivity contribution in [2.24, 2.45) is 0 Å². The van der Waals surface area contributed by atoms with Crippen molar-refractivity contribution in [2.45, 2.75) is 26.7 Å². The highest BCUT2D eigenvalue weighted by molar-refractivity contribution is 8.26. The number of rotatable bonds is 9. The number of fused-ring (bicyclic) bond motifs is 1. The van der Waals surface area contributed by atoms with Crippen molar-refractivity contribution < 1.29 is 9.53 Å². The average molecular weight is 433 g/mol. The van der Waals surface area contributed by atoms with Crippen LogP contribution in [0.25, 0.3) is 11.7 Å². The monoisotopic (exact) mass is 432 g/mol. The molecule has 0 aliphatic carbocycles. The SMILES string of the molecule is CCCN1C(=O)/C(=C/c2c(NCCCOCC)nc3ccccn3c2=O)SC1=S. The lowest BCUT2D eigenvalue weighted by Gasteiger charge is -2.12. The van der Waals surface area contributed by atoms with Crippen LogP contribution in [-0.4, -0.2) is 50.8 Å². The molecule has 9 heteroatoms. The lowest BCUT2D eigenvalue weighted by molar-refractivity contribution is -0.122. The molecule has 3 heterocycles. The van der Waals surface area contributed by atoms with Gasteiger partial charge in [-0.25, -0.2) is 4.98 Å². The average Bonchev–Trinajstić information content (AvgIpc) is 2.98. The smallest absolute Gasteiger partial charge is 0.267 e. The van der Waals surface area contributed by atoms with Gasteiger partial charge in [0, 0.05) is 32.5 Å². The summed E-state index contributed by atoms with van der Waals surface area (Å²) >= 11 is 6.55. The molecule has 1 N–H and O–H groups in total. The number of hydrogen-bond donors (Lipinski definition) is 1. The van der Waals surface area contributed by atoms with Crippen LogP contribution in [0.15, 0.2) is 34.1 Å². The molecule has 0 atom stereocenters. The number of ether oxygens (including phenoxy) is 1. The molecule has 0 unspecified atom stereocenters. The number of pyridine rings is 1. The van der Waals surface area contributed by atoms with Crippen LogP contribution in [0.2, 0.25) is 0 Å². The summed E-state index contributed by atoms with van der Waals surface area (Å²) in [6, 6.07) is 5.38. The standard InChI is InChI=1S/C20H24N4O3S2/c1-3-10-24-19(26)15(29-20(24)28)13-14-17(21-9-7-12-27-4-2)22-16-8-5-6-11-23(16)18(14)25/h5-6,8,11,13,21H,3-4,7,9-10,12H2,1-2H3/b15-13-. The molecule has 1 saturated heterocycles. The Kier molecular flexibility index (Phi) is 7.40. The van der Waals surface area contributed by atoms with Crippen molar-refractivity contribution in [1.29, 1.82) is 0 Å². The van der Waals surface area contributed by atoms with Crippen molar-refractivity contribution >= 4 is 51.7 Å². The third kappa shape index (κ3) is 4.85. The first-order chi connectivity index (χ1) is 14.1. The second kappa shape index (κ2) is 10.00. The molecule has 3 rings (SSSR count). The molecule has 1 amide bonds. The summed E-state index contributed by atoms with van der Waals surface area (Å²) in [5, 5.41) is 3.23. The van der Waals surface area contributed by atoms with Crippen molar-refractivity contribution in [3.8, 4) is 0 Å². The van der Waals surface area contributed by atoms with E-state index in [2.05, 4.69) is 10.3 Å². The van der Waals surface area contributed by atoms with E-state index >= 15 is 0 Å². The van der Waals surface area contributed by atoms with Crippen molar-refractivity contribution in [3.63, 3.8) is 0 Å². The number of nitrogens with one attached hydrogen (secondary N) is 1. The summed E-state index contributed by atoms with van der Waals surface area (Å²) in [4.78, 5) is 32.4. The number of hydrogen-bond acceptors (Lipinski definition) is 7. The zero-order valence-electron chi connectivity index (χ0n) is 16.5. The number of amides is 1. The largest absolute Gasteiger partial charge is 0.382 e. The number of carbonyl (C=O) groups excluding carboxylic acids is 1. The van der Waals surface area contributed by atoms with E-state index in [4.69, 9.17) is 17.0 Å². The van der Waals surface area contributed by atoms with E-state index in [0.717, 1.165) is 12.8 Å². The highest BCUT2D eigenvalue weighted by Gasteiger charge is 2.31. The van der Waals surface area contributed by atoms with Gasteiger partial charge in [-0.05, 0) is 38.0 Å². The van der Waals surface area contributed by atoms with Crippen molar-refractivity contribution in [2.75, 3.05) is 31.6 Å². The first kappa shape index (κ1) is 21.5. The molecule has 2 aromatic heterocycles. The summed E-state index contributed by atoms with van der Waals surface area (Å²) < 4.78 is 7.35. The van der Waals surface area contributed by atoms with E-state index in [-0.39, 0.29) is 11.5 Å². The molecular formula is C20H24N4O3S2. The maximum absolute atomic E-state index is 13.1. The highest BCUT2D eigenvalue weighted by atomic mass is 32.2. The molecule has 29 heavy (non-hydrogen) atoms. The van der Waals surface area contributed by atoms with Gasteiger partial charge in [0.15, 0.2) is 0 Å². The van der Waals surface area contributed by atoms with Gasteiger partial charge in [0.05, 0.1) is 10.5 Å². The first-order valence-electron chi connectivity index (χ1n) is 9.65. The zero-order valence-corrected chi connectivity index (χ0v) is 18.1. The summed E-state index contributed by atoms with van der Waals surface area (Å²) in [6.45, 7) is 6.41. The molecular weight excluding hydrogens is 408 g/mol. The van der Waals surface area contributed by atoms with Crippen LogP contribution in [0.4, 0.5) is 5.82 Å². The molecule has 1 aliphatic heterocycles. The lowest BCUT2D eigenvalue weighted by atomic mass is 10.2. The number of aromatic nitrogens is 2. The van der Waals surface area contributed by atoms with Gasteiger partial charge in [0.25, 0.3) is 11.5 Å². The van der Waals surface area contributed by atoms with Crippen LogP contribution >= 0.6 is 24.0 Å². The van der Waals surface area contributed by atoms with Crippen LogP contribution in [0.1, 0.15) is 32.3 Å². The van der Waals surface area contributed by atoms with Gasteiger partial charge >= 0.3 is 0 Å². The van der Waals surface area contributed by atoms with Crippen molar-refractivity contribution in [1.82, 2.24) is 14.3 Å². The van der Waals surface area contributed by atoms with Crippen LogP contribution in [0.3, 0.4) is 0 Å². The molecule has 0 radical (unpaired) electrons. The van der Waals surface area contributed by atoms with E-state index in [9.17, 15) is 9.59 Å². The minimum absolute atomic E-state index is 0.165. The lowest BCUT2D eigenvalue weighted by Crippen LogP contribution is -2.28. The van der Waals surface area contributed by atoms with Crippen LogP contribution in [0.5, 0.6) is 0 Å². The summed E-state index contributed by atoms with van der Waals surface area (Å²) in [5.41, 5.74) is 0.659. The predicted molar refractivity (Wildman–Crippen MR) is 121 cm³/mol. The Balaban J connectivity index is 1.97. The van der Waals surface area contributed by atoms with Gasteiger partial charge in [-0.1, -0.05) is 37.0 Å². The number of nitrogens with zero attached hydrogens (tertiary/aromatic N) is 3. The van der Waals surface area contributed by atoms with E-state index in [1.165, 1.54) is 16.2 Å². The van der Waals surface area contributed by atoms with Crippen LogP contribution in [0, 0.1) is 0 Å². The Morgan fingerprint density at radius 1 is 1.31 bits per heavy atom. The third-order valence-electron chi connectivity index (χ3n) is 4.33. The minimum Gasteiger partial charge on any atom is -0.382 e. The number of anilines is 1. The summed E-state index contributed by atoms with van der Waals surface area (Å²) in [7, 11) is 0. The van der Waals surface area contributed by atoms with E-state index in [0.29, 0.717) is 52.6 Å². The topological polar surface area (TPSA) is 75.9 Å². The molecule has 7 nitrogen and oxygen atoms in total. The Morgan fingerprint density at radius 3 is 2.90 bits per heavy atom. The number of carbonyl (C=O) groups is 1. The van der Waals surface area contributed by atoms with Gasteiger partial charge in [-0.15, -0.1) is 0 Å². The maximum Gasteiger partial charge on any atom is 0.267 e. The van der Waals surface area contributed by atoms with Gasteiger partial charge in [-0.2, -0.15) is 0 Å². The van der Waals surface area contributed by atoms with Gasteiger partial charge in [0.2, 0.25) is 0 Å². The fourth-order valence-electron chi connectivity index (χ4n) is 2.94. The summed E-state index contributed by atoms with van der Waals surface area (Å²) in [6.07, 6.45) is 4.87. The predicted octanol–water partition coefficient (Wildman–Crippen LogP) is 3.14. The Hall–Kier alpha value is -2.23.